The Morgan fingerprint density at radius 1 is 0.962 bits per heavy atom. The Kier molecular flexibility index (Phi) is 4.60. The summed E-state index contributed by atoms with van der Waals surface area (Å²) in [6.07, 6.45) is 3.55. The van der Waals surface area contributed by atoms with Crippen molar-refractivity contribution in [2.24, 2.45) is 0 Å². The number of aromatic nitrogens is 4. The van der Waals surface area contributed by atoms with Gasteiger partial charge in [0.1, 0.15) is 10.8 Å². The van der Waals surface area contributed by atoms with Crippen LogP contribution in [0.1, 0.15) is 5.69 Å². The standard InChI is InChI=1S/C19H14ClN5S/c1-12-9-17(25-19(20)22-12)23-15-4-2-3-14(10-15)16-11-26-18(24-16)13-5-7-21-8-6-13/h2-11H,1H3,(H,22,23,25). The van der Waals surface area contributed by atoms with E-state index in [2.05, 4.69) is 25.6 Å². The van der Waals surface area contributed by atoms with Crippen molar-refractivity contribution in [2.45, 2.75) is 6.92 Å². The van der Waals surface area contributed by atoms with Crippen LogP contribution in [0.15, 0.2) is 60.2 Å². The highest BCUT2D eigenvalue weighted by atomic mass is 35.5. The number of anilines is 2. The lowest BCUT2D eigenvalue weighted by molar-refractivity contribution is 1.10. The summed E-state index contributed by atoms with van der Waals surface area (Å²) in [5.41, 5.74) is 4.75. The Bertz CT molecular complexity index is 1030. The van der Waals surface area contributed by atoms with Gasteiger partial charge in [0, 0.05) is 46.3 Å². The number of nitrogens with one attached hydrogen (secondary N) is 1. The van der Waals surface area contributed by atoms with E-state index in [0.717, 1.165) is 33.2 Å². The van der Waals surface area contributed by atoms with Gasteiger partial charge in [-0.2, -0.15) is 0 Å². The molecule has 0 spiro atoms. The predicted octanol–water partition coefficient (Wildman–Crippen LogP) is 5.37. The minimum atomic E-state index is 0.227. The molecule has 0 atom stereocenters. The lowest BCUT2D eigenvalue weighted by Crippen LogP contribution is -1.96. The zero-order valence-corrected chi connectivity index (χ0v) is 15.4. The van der Waals surface area contributed by atoms with E-state index in [1.165, 1.54) is 0 Å². The highest BCUT2D eigenvalue weighted by molar-refractivity contribution is 7.13. The number of pyridine rings is 1. The van der Waals surface area contributed by atoms with E-state index >= 15 is 0 Å². The molecule has 0 unspecified atom stereocenters. The molecular formula is C19H14ClN5S. The first-order chi connectivity index (χ1) is 12.7. The van der Waals surface area contributed by atoms with E-state index in [0.29, 0.717) is 5.82 Å². The van der Waals surface area contributed by atoms with Gasteiger partial charge in [-0.15, -0.1) is 11.3 Å². The van der Waals surface area contributed by atoms with E-state index in [9.17, 15) is 0 Å². The van der Waals surface area contributed by atoms with E-state index in [4.69, 9.17) is 16.6 Å². The van der Waals surface area contributed by atoms with Gasteiger partial charge >= 0.3 is 0 Å². The number of halogens is 1. The van der Waals surface area contributed by atoms with Gasteiger partial charge < -0.3 is 5.32 Å². The van der Waals surface area contributed by atoms with Gasteiger partial charge in [0.2, 0.25) is 5.28 Å². The summed E-state index contributed by atoms with van der Waals surface area (Å²) in [6.45, 7) is 1.88. The van der Waals surface area contributed by atoms with Crippen LogP contribution in [0.3, 0.4) is 0 Å². The number of thiazole rings is 1. The molecule has 3 heterocycles. The molecule has 0 bridgehead atoms. The highest BCUT2D eigenvalue weighted by Crippen LogP contribution is 2.30. The van der Waals surface area contributed by atoms with Crippen molar-refractivity contribution in [1.29, 1.82) is 0 Å². The maximum atomic E-state index is 5.93. The second-order valence-electron chi connectivity index (χ2n) is 5.64. The van der Waals surface area contributed by atoms with Crippen LogP contribution in [0.2, 0.25) is 5.28 Å². The largest absolute Gasteiger partial charge is 0.340 e. The molecule has 26 heavy (non-hydrogen) atoms. The van der Waals surface area contributed by atoms with Crippen LogP contribution in [0.25, 0.3) is 21.8 Å². The van der Waals surface area contributed by atoms with Crippen molar-refractivity contribution in [3.8, 4) is 21.8 Å². The first-order valence-corrected chi connectivity index (χ1v) is 9.18. The molecule has 5 nitrogen and oxygen atoms in total. The van der Waals surface area contributed by atoms with Gasteiger partial charge in [-0.25, -0.2) is 15.0 Å². The minimum absolute atomic E-state index is 0.227. The average molecular weight is 380 g/mol. The van der Waals surface area contributed by atoms with E-state index in [1.54, 1.807) is 23.7 Å². The summed E-state index contributed by atoms with van der Waals surface area (Å²) in [5, 5.41) is 6.52. The highest BCUT2D eigenvalue weighted by Gasteiger charge is 2.08. The third kappa shape index (κ3) is 3.71. The molecule has 0 amide bonds. The number of benzene rings is 1. The molecule has 1 N–H and O–H groups in total. The fourth-order valence-corrected chi connectivity index (χ4v) is 3.59. The Hall–Kier alpha value is -2.83. The zero-order valence-electron chi connectivity index (χ0n) is 13.8. The number of hydrogen-bond acceptors (Lipinski definition) is 6. The maximum absolute atomic E-state index is 5.93. The van der Waals surface area contributed by atoms with E-state index in [1.807, 2.05) is 49.4 Å². The van der Waals surface area contributed by atoms with Crippen molar-refractivity contribution < 1.29 is 0 Å². The molecule has 1 aromatic carbocycles. The fourth-order valence-electron chi connectivity index (χ4n) is 2.53. The quantitative estimate of drug-likeness (QED) is 0.483. The lowest BCUT2D eigenvalue weighted by atomic mass is 10.1. The molecule has 4 aromatic rings. The van der Waals surface area contributed by atoms with Crippen LogP contribution < -0.4 is 5.32 Å². The summed E-state index contributed by atoms with van der Waals surface area (Å²) in [7, 11) is 0. The summed E-state index contributed by atoms with van der Waals surface area (Å²) in [6, 6.07) is 13.8. The van der Waals surface area contributed by atoms with Crippen molar-refractivity contribution in [3.05, 3.63) is 71.2 Å². The number of rotatable bonds is 4. The molecule has 128 valence electrons. The third-order valence-electron chi connectivity index (χ3n) is 3.69. The third-order valence-corrected chi connectivity index (χ3v) is 4.75. The SMILES string of the molecule is Cc1cc(Nc2cccc(-c3csc(-c4ccncc4)n3)c2)nc(Cl)n1. The Morgan fingerprint density at radius 2 is 1.81 bits per heavy atom. The fraction of sp³-hybridized carbons (Fsp3) is 0.0526. The second-order valence-corrected chi connectivity index (χ2v) is 6.84. The van der Waals surface area contributed by atoms with Crippen LogP contribution in [-0.2, 0) is 0 Å². The molecule has 0 radical (unpaired) electrons. The van der Waals surface area contributed by atoms with Crippen LogP contribution in [0.5, 0.6) is 0 Å². The number of nitrogens with zero attached hydrogens (tertiary/aromatic N) is 4. The van der Waals surface area contributed by atoms with Gasteiger partial charge in [-0.05, 0) is 42.8 Å². The van der Waals surface area contributed by atoms with Crippen LogP contribution in [0.4, 0.5) is 11.5 Å². The maximum Gasteiger partial charge on any atom is 0.224 e. The molecule has 3 aromatic heterocycles. The zero-order chi connectivity index (χ0) is 17.9. The second kappa shape index (κ2) is 7.19. The van der Waals surface area contributed by atoms with E-state index in [-0.39, 0.29) is 5.28 Å². The van der Waals surface area contributed by atoms with Gasteiger partial charge in [-0.1, -0.05) is 12.1 Å². The minimum Gasteiger partial charge on any atom is -0.340 e. The van der Waals surface area contributed by atoms with Gasteiger partial charge in [0.05, 0.1) is 5.69 Å². The first-order valence-electron chi connectivity index (χ1n) is 7.92. The van der Waals surface area contributed by atoms with Crippen molar-refractivity contribution in [1.82, 2.24) is 19.9 Å². The van der Waals surface area contributed by atoms with Crippen molar-refractivity contribution in [2.75, 3.05) is 5.32 Å². The Morgan fingerprint density at radius 3 is 2.62 bits per heavy atom. The van der Waals surface area contributed by atoms with Gasteiger partial charge in [0.15, 0.2) is 0 Å². The van der Waals surface area contributed by atoms with E-state index < -0.39 is 0 Å². The topological polar surface area (TPSA) is 63.6 Å². The Balaban J connectivity index is 1.61. The normalized spacial score (nSPS) is 10.7. The summed E-state index contributed by atoms with van der Waals surface area (Å²) in [5.74, 6) is 0.662. The molecule has 0 saturated carbocycles. The smallest absolute Gasteiger partial charge is 0.224 e. The molecule has 7 heteroatoms. The summed E-state index contributed by atoms with van der Waals surface area (Å²) < 4.78 is 0. The number of aryl methyl sites for hydroxylation is 1. The molecule has 0 saturated heterocycles. The molecule has 4 rings (SSSR count). The van der Waals surface area contributed by atoms with Crippen LogP contribution in [0, 0.1) is 6.92 Å². The molecule has 0 aliphatic rings. The summed E-state index contributed by atoms with van der Waals surface area (Å²) in [4.78, 5) is 17.1. The van der Waals surface area contributed by atoms with Gasteiger partial charge in [-0.3, -0.25) is 4.98 Å². The first kappa shape index (κ1) is 16.6. The lowest BCUT2D eigenvalue weighted by Gasteiger charge is -2.08. The number of hydrogen-bond donors (Lipinski definition) is 1. The molecule has 0 fully saturated rings. The average Bonchev–Trinajstić information content (AvgIpc) is 3.12. The Labute approximate surface area is 159 Å². The van der Waals surface area contributed by atoms with Gasteiger partial charge in [0.25, 0.3) is 0 Å². The molecule has 0 aliphatic heterocycles. The molecular weight excluding hydrogens is 366 g/mol. The molecule has 0 aliphatic carbocycles. The summed E-state index contributed by atoms with van der Waals surface area (Å²) >= 11 is 7.54. The predicted molar refractivity (Wildman–Crippen MR) is 106 cm³/mol. The van der Waals surface area contributed by atoms with Crippen LogP contribution in [-0.4, -0.2) is 19.9 Å². The van der Waals surface area contributed by atoms with Crippen molar-refractivity contribution >= 4 is 34.4 Å². The van der Waals surface area contributed by atoms with Crippen molar-refractivity contribution in [3.63, 3.8) is 0 Å². The van der Waals surface area contributed by atoms with Crippen LogP contribution >= 0.6 is 22.9 Å². The monoisotopic (exact) mass is 379 g/mol.